The van der Waals surface area contributed by atoms with Crippen LogP contribution in [0, 0.1) is 0 Å². The van der Waals surface area contributed by atoms with E-state index in [-0.39, 0.29) is 5.69 Å². The van der Waals surface area contributed by atoms with Gasteiger partial charge in [-0.3, -0.25) is 5.10 Å². The van der Waals surface area contributed by atoms with Gasteiger partial charge in [-0.1, -0.05) is 19.9 Å². The molecule has 0 aliphatic rings. The van der Waals surface area contributed by atoms with Crippen molar-refractivity contribution in [2.45, 2.75) is 24.0 Å². The number of aromatic carboxylic acids is 1. The van der Waals surface area contributed by atoms with Crippen LogP contribution in [0.4, 0.5) is 0 Å². The third-order valence-electron chi connectivity index (χ3n) is 2.40. The Hall–Kier alpha value is -1.27. The number of nitrogens with one attached hydrogen (secondary N) is 1. The lowest BCUT2D eigenvalue weighted by Gasteiger charge is -2.08. The number of hydrogen-bond acceptors (Lipinski definition) is 3. The topological polar surface area (TPSA) is 66.0 Å². The fourth-order valence-corrected chi connectivity index (χ4v) is 3.07. The van der Waals surface area contributed by atoms with Crippen LogP contribution in [0.1, 0.15) is 24.3 Å². The number of nitrogens with zero attached hydrogens (tertiary/aromatic N) is 1. The van der Waals surface area contributed by atoms with Gasteiger partial charge in [-0.25, -0.2) is 4.79 Å². The van der Waals surface area contributed by atoms with Crippen molar-refractivity contribution in [3.63, 3.8) is 0 Å². The predicted octanol–water partition coefficient (Wildman–Crippen LogP) is 4.04. The second kappa shape index (κ2) is 5.79. The first-order valence-corrected chi connectivity index (χ1v) is 7.40. The number of carboxylic acid groups (broad SMARTS) is 1. The summed E-state index contributed by atoms with van der Waals surface area (Å²) >= 11 is 5.30. The van der Waals surface area contributed by atoms with Crippen LogP contribution in [0.15, 0.2) is 33.6 Å². The number of benzene rings is 1. The molecule has 0 spiro atoms. The minimum Gasteiger partial charge on any atom is -0.477 e. The maximum atomic E-state index is 10.8. The summed E-state index contributed by atoms with van der Waals surface area (Å²) in [6.45, 7) is 4.27. The van der Waals surface area contributed by atoms with Gasteiger partial charge in [-0.2, -0.15) is 5.10 Å². The van der Waals surface area contributed by atoms with Crippen molar-refractivity contribution in [3.8, 4) is 11.3 Å². The fourth-order valence-electron chi connectivity index (χ4n) is 1.59. The first-order chi connectivity index (χ1) is 8.97. The normalized spacial score (nSPS) is 10.9. The van der Waals surface area contributed by atoms with Crippen LogP contribution in [0.3, 0.4) is 0 Å². The molecule has 0 amide bonds. The predicted molar refractivity (Wildman–Crippen MR) is 79.7 cm³/mol. The van der Waals surface area contributed by atoms with Crippen LogP contribution in [0.25, 0.3) is 11.3 Å². The molecule has 0 bridgehead atoms. The number of aromatic amines is 1. The zero-order chi connectivity index (χ0) is 14.0. The Kier molecular flexibility index (Phi) is 4.31. The molecule has 0 unspecified atom stereocenters. The summed E-state index contributed by atoms with van der Waals surface area (Å²) in [7, 11) is 0. The Bertz CT molecular complexity index is 610. The van der Waals surface area contributed by atoms with Crippen molar-refractivity contribution in [2.75, 3.05) is 0 Å². The monoisotopic (exact) mass is 340 g/mol. The number of carboxylic acids is 1. The summed E-state index contributed by atoms with van der Waals surface area (Å²) in [5.74, 6) is -1.01. The Morgan fingerprint density at radius 2 is 2.16 bits per heavy atom. The summed E-state index contributed by atoms with van der Waals surface area (Å²) < 4.78 is 0.989. The number of H-pyrrole nitrogens is 1. The average Bonchev–Trinajstić information content (AvgIpc) is 2.80. The van der Waals surface area contributed by atoms with E-state index in [4.69, 9.17) is 5.11 Å². The van der Waals surface area contributed by atoms with Crippen LogP contribution >= 0.6 is 27.7 Å². The van der Waals surface area contributed by atoms with Gasteiger partial charge in [0.1, 0.15) is 5.69 Å². The lowest BCUT2D eigenvalue weighted by Crippen LogP contribution is -1.95. The molecule has 6 heteroatoms. The molecule has 0 atom stereocenters. The van der Waals surface area contributed by atoms with Gasteiger partial charge >= 0.3 is 5.97 Å². The van der Waals surface area contributed by atoms with Gasteiger partial charge in [0.2, 0.25) is 0 Å². The number of thioether (sulfide) groups is 1. The Morgan fingerprint density at radius 1 is 1.42 bits per heavy atom. The zero-order valence-electron chi connectivity index (χ0n) is 10.5. The van der Waals surface area contributed by atoms with E-state index in [1.54, 1.807) is 11.8 Å². The van der Waals surface area contributed by atoms with Crippen LogP contribution in [-0.4, -0.2) is 26.5 Å². The van der Waals surface area contributed by atoms with Gasteiger partial charge in [0.05, 0.1) is 5.69 Å². The van der Waals surface area contributed by atoms with Gasteiger partial charge in [0.15, 0.2) is 0 Å². The van der Waals surface area contributed by atoms with Crippen molar-refractivity contribution in [1.82, 2.24) is 10.2 Å². The first kappa shape index (κ1) is 14.1. The van der Waals surface area contributed by atoms with E-state index in [2.05, 4.69) is 40.0 Å². The molecule has 2 rings (SSSR count). The van der Waals surface area contributed by atoms with E-state index in [0.29, 0.717) is 10.9 Å². The third kappa shape index (κ3) is 3.39. The molecular weight excluding hydrogens is 328 g/mol. The molecule has 1 aromatic heterocycles. The summed E-state index contributed by atoms with van der Waals surface area (Å²) in [5.41, 5.74) is 1.59. The standard InChI is InChI=1S/C13H13BrN2O2S/c1-7(2)19-12-4-3-8(5-9(12)14)10-6-11(13(17)18)16-15-10/h3-7H,1-2H3,(H,15,16)(H,17,18). The molecule has 0 aliphatic heterocycles. The highest BCUT2D eigenvalue weighted by Gasteiger charge is 2.11. The average molecular weight is 341 g/mol. The molecule has 0 radical (unpaired) electrons. The Morgan fingerprint density at radius 3 is 2.68 bits per heavy atom. The lowest BCUT2D eigenvalue weighted by atomic mass is 10.1. The van der Waals surface area contributed by atoms with Gasteiger partial charge in [0, 0.05) is 20.2 Å². The first-order valence-electron chi connectivity index (χ1n) is 5.72. The molecule has 0 saturated carbocycles. The van der Waals surface area contributed by atoms with Crippen molar-refractivity contribution in [1.29, 1.82) is 0 Å². The molecule has 0 aliphatic carbocycles. The van der Waals surface area contributed by atoms with Gasteiger partial charge in [-0.15, -0.1) is 11.8 Å². The maximum absolute atomic E-state index is 10.8. The van der Waals surface area contributed by atoms with Crippen molar-refractivity contribution >= 4 is 33.7 Å². The highest BCUT2D eigenvalue weighted by molar-refractivity contribution is 9.10. The van der Waals surface area contributed by atoms with Crippen molar-refractivity contribution in [3.05, 3.63) is 34.4 Å². The molecular formula is C13H13BrN2O2S. The van der Waals surface area contributed by atoms with Crippen LogP contribution in [0.5, 0.6) is 0 Å². The fraction of sp³-hybridized carbons (Fsp3) is 0.231. The van der Waals surface area contributed by atoms with E-state index < -0.39 is 5.97 Å². The number of hydrogen-bond donors (Lipinski definition) is 2. The minimum atomic E-state index is -1.01. The summed E-state index contributed by atoms with van der Waals surface area (Å²) in [6.07, 6.45) is 0. The number of rotatable bonds is 4. The van der Waals surface area contributed by atoms with Gasteiger partial charge < -0.3 is 5.11 Å². The molecule has 1 heterocycles. The molecule has 1 aromatic carbocycles. The minimum absolute atomic E-state index is 0.0896. The number of halogens is 1. The van der Waals surface area contributed by atoms with E-state index >= 15 is 0 Å². The largest absolute Gasteiger partial charge is 0.477 e. The molecule has 19 heavy (non-hydrogen) atoms. The molecule has 0 saturated heterocycles. The summed E-state index contributed by atoms with van der Waals surface area (Å²) in [4.78, 5) is 12.0. The lowest BCUT2D eigenvalue weighted by molar-refractivity contribution is 0.0690. The SMILES string of the molecule is CC(C)Sc1ccc(-c2cc(C(=O)O)[nH]n2)cc1Br. The molecule has 2 aromatic rings. The van der Waals surface area contributed by atoms with E-state index in [9.17, 15) is 4.79 Å². The van der Waals surface area contributed by atoms with E-state index in [0.717, 1.165) is 14.9 Å². The van der Waals surface area contributed by atoms with Crippen LogP contribution in [-0.2, 0) is 0 Å². The molecule has 0 fully saturated rings. The molecule has 2 N–H and O–H groups in total. The smallest absolute Gasteiger partial charge is 0.353 e. The highest BCUT2D eigenvalue weighted by atomic mass is 79.9. The van der Waals surface area contributed by atoms with E-state index in [1.165, 1.54) is 6.07 Å². The molecule has 4 nitrogen and oxygen atoms in total. The van der Waals surface area contributed by atoms with Crippen LogP contribution in [0.2, 0.25) is 0 Å². The highest BCUT2D eigenvalue weighted by Crippen LogP contribution is 2.33. The maximum Gasteiger partial charge on any atom is 0.353 e. The van der Waals surface area contributed by atoms with Crippen molar-refractivity contribution < 1.29 is 9.90 Å². The number of carbonyl (C=O) groups is 1. The second-order valence-corrected chi connectivity index (χ2v) is 6.76. The Balaban J connectivity index is 2.30. The van der Waals surface area contributed by atoms with E-state index in [1.807, 2.05) is 18.2 Å². The molecule has 100 valence electrons. The Labute approximate surface area is 123 Å². The van der Waals surface area contributed by atoms with Crippen molar-refractivity contribution in [2.24, 2.45) is 0 Å². The summed E-state index contributed by atoms with van der Waals surface area (Å²) in [6, 6.07) is 7.43. The van der Waals surface area contributed by atoms with Crippen LogP contribution < -0.4 is 0 Å². The summed E-state index contributed by atoms with van der Waals surface area (Å²) in [5, 5.41) is 15.9. The van der Waals surface area contributed by atoms with Gasteiger partial charge in [0.25, 0.3) is 0 Å². The quantitative estimate of drug-likeness (QED) is 0.824. The number of aromatic nitrogens is 2. The third-order valence-corrected chi connectivity index (χ3v) is 4.40. The van der Waals surface area contributed by atoms with Gasteiger partial charge in [-0.05, 0) is 34.1 Å². The second-order valence-electron chi connectivity index (χ2n) is 4.28. The zero-order valence-corrected chi connectivity index (χ0v) is 12.9.